The molecule has 1 aliphatic heterocycles. The number of benzene rings is 2. The van der Waals surface area contributed by atoms with E-state index in [4.69, 9.17) is 0 Å². The molecule has 1 unspecified atom stereocenters. The van der Waals surface area contributed by atoms with E-state index >= 15 is 0 Å². The molecule has 4 heteroatoms. The lowest BCUT2D eigenvalue weighted by atomic mass is 9.98. The van der Waals surface area contributed by atoms with Gasteiger partial charge in [0.25, 0.3) is 0 Å². The fourth-order valence-electron chi connectivity index (χ4n) is 2.22. The monoisotopic (exact) mass is 276 g/mol. The number of aliphatic hydroxyl groups is 1. The summed E-state index contributed by atoms with van der Waals surface area (Å²) in [4.78, 5) is 4.56. The Morgan fingerprint density at radius 1 is 1.21 bits per heavy atom. The van der Waals surface area contributed by atoms with Crippen molar-refractivity contribution in [2.45, 2.75) is 25.9 Å². The first-order chi connectivity index (χ1) is 8.62. The second-order valence-electron chi connectivity index (χ2n) is 4.89. The second-order valence-corrected chi connectivity index (χ2v) is 4.89. The first-order valence-electron chi connectivity index (χ1n) is 6.22. The van der Waals surface area contributed by atoms with Gasteiger partial charge in [-0.05, 0) is 30.9 Å². The molecule has 3 rings (SSSR count). The number of aliphatic imine (C=N–C) groups is 1. The number of nitrogens with zero attached hydrogens (tertiary/aromatic N) is 1. The normalized spacial score (nSPS) is 16.1. The summed E-state index contributed by atoms with van der Waals surface area (Å²) in [5.74, 6) is 0.621. The minimum absolute atomic E-state index is 0. The molecule has 2 aromatic rings. The highest BCUT2D eigenvalue weighted by Gasteiger charge is 2.28. The average Bonchev–Trinajstić information content (AvgIpc) is 2.39. The Morgan fingerprint density at radius 3 is 2.58 bits per heavy atom. The number of hydrogen-bond donors (Lipinski definition) is 2. The van der Waals surface area contributed by atoms with Crippen molar-refractivity contribution in [1.82, 2.24) is 0 Å². The van der Waals surface area contributed by atoms with Crippen molar-refractivity contribution in [2.75, 3.05) is 5.32 Å². The molecule has 0 bridgehead atoms. The summed E-state index contributed by atoms with van der Waals surface area (Å²) in [5, 5.41) is 15.9. The first kappa shape index (κ1) is 13.8. The van der Waals surface area contributed by atoms with Gasteiger partial charge < -0.3 is 10.4 Å². The molecule has 0 amide bonds. The first-order valence-corrected chi connectivity index (χ1v) is 6.22. The highest BCUT2D eigenvalue weighted by atomic mass is 35.5. The lowest BCUT2D eigenvalue weighted by Crippen LogP contribution is -2.40. The van der Waals surface area contributed by atoms with Crippen molar-refractivity contribution < 1.29 is 5.11 Å². The number of amidine groups is 1. The Labute approximate surface area is 118 Å². The van der Waals surface area contributed by atoms with E-state index < -0.39 is 5.60 Å². The van der Waals surface area contributed by atoms with Gasteiger partial charge in [-0.15, -0.1) is 12.4 Å². The van der Waals surface area contributed by atoms with Gasteiger partial charge in [-0.3, -0.25) is 0 Å². The molecule has 0 aliphatic carbocycles. The van der Waals surface area contributed by atoms with Gasteiger partial charge in [-0.2, -0.15) is 0 Å². The zero-order valence-corrected chi connectivity index (χ0v) is 11.8. The molecule has 2 aromatic carbocycles. The van der Waals surface area contributed by atoms with Crippen LogP contribution in [0.2, 0.25) is 0 Å². The highest BCUT2D eigenvalue weighted by molar-refractivity contribution is 6.15. The fourth-order valence-corrected chi connectivity index (χ4v) is 2.22. The number of hydrogen-bond acceptors (Lipinski definition) is 3. The van der Waals surface area contributed by atoms with Gasteiger partial charge in [0.05, 0.1) is 5.69 Å². The molecular weight excluding hydrogens is 260 g/mol. The molecule has 3 nitrogen and oxygen atoms in total. The van der Waals surface area contributed by atoms with Crippen LogP contribution in [0, 0.1) is 0 Å². The van der Waals surface area contributed by atoms with Crippen LogP contribution < -0.4 is 5.32 Å². The summed E-state index contributed by atoms with van der Waals surface area (Å²) in [6.45, 7) is 3.73. The highest BCUT2D eigenvalue weighted by Crippen LogP contribution is 2.37. The lowest BCUT2D eigenvalue weighted by molar-refractivity contribution is 0.128. The third-order valence-corrected chi connectivity index (χ3v) is 3.57. The zero-order chi connectivity index (χ0) is 12.8. The number of rotatable bonds is 2. The van der Waals surface area contributed by atoms with E-state index in [2.05, 4.69) is 22.4 Å². The van der Waals surface area contributed by atoms with Crippen LogP contribution in [0.4, 0.5) is 11.4 Å². The summed E-state index contributed by atoms with van der Waals surface area (Å²) in [7, 11) is 0. The molecule has 100 valence electrons. The van der Waals surface area contributed by atoms with Crippen LogP contribution in [0.15, 0.2) is 41.4 Å². The largest absolute Gasteiger partial charge is 0.382 e. The topological polar surface area (TPSA) is 44.6 Å². The van der Waals surface area contributed by atoms with E-state index in [1.54, 1.807) is 6.92 Å². The van der Waals surface area contributed by atoms with E-state index in [0.717, 1.165) is 22.1 Å². The number of anilines is 1. The van der Waals surface area contributed by atoms with Gasteiger partial charge in [0.2, 0.25) is 0 Å². The molecule has 2 N–H and O–H groups in total. The molecule has 0 spiro atoms. The van der Waals surface area contributed by atoms with Gasteiger partial charge in [0.1, 0.15) is 11.4 Å². The minimum atomic E-state index is -0.921. The second kappa shape index (κ2) is 4.83. The predicted octanol–water partition coefficient (Wildman–Crippen LogP) is 3.88. The van der Waals surface area contributed by atoms with Crippen LogP contribution in [0.5, 0.6) is 0 Å². The predicted molar refractivity (Wildman–Crippen MR) is 82.8 cm³/mol. The van der Waals surface area contributed by atoms with Crippen LogP contribution in [-0.4, -0.2) is 16.5 Å². The maximum Gasteiger partial charge on any atom is 0.138 e. The van der Waals surface area contributed by atoms with Crippen molar-refractivity contribution in [2.24, 2.45) is 4.99 Å². The van der Waals surface area contributed by atoms with Crippen LogP contribution in [0.3, 0.4) is 0 Å². The Hall–Kier alpha value is -1.58. The maximum atomic E-state index is 10.3. The van der Waals surface area contributed by atoms with E-state index in [1.807, 2.05) is 31.2 Å². The van der Waals surface area contributed by atoms with Gasteiger partial charge in [-0.25, -0.2) is 4.99 Å². The molecule has 1 aliphatic rings. The Morgan fingerprint density at radius 2 is 1.89 bits per heavy atom. The number of halogens is 1. The van der Waals surface area contributed by atoms with Crippen molar-refractivity contribution in [3.05, 3.63) is 36.4 Å². The lowest BCUT2D eigenvalue weighted by Gasteiger charge is -2.28. The van der Waals surface area contributed by atoms with Gasteiger partial charge in [-0.1, -0.05) is 31.2 Å². The van der Waals surface area contributed by atoms with E-state index in [0.29, 0.717) is 12.3 Å². The van der Waals surface area contributed by atoms with E-state index in [1.165, 1.54) is 0 Å². The summed E-state index contributed by atoms with van der Waals surface area (Å²) < 4.78 is 0. The summed E-state index contributed by atoms with van der Waals surface area (Å²) in [5.41, 5.74) is 1.02. The van der Waals surface area contributed by atoms with Crippen molar-refractivity contribution in [1.29, 1.82) is 0 Å². The SMILES string of the molecule is CCC(C)(O)C1=Nc2cccc3cccc(c23)N1.Cl. The van der Waals surface area contributed by atoms with Crippen LogP contribution in [0.25, 0.3) is 10.8 Å². The van der Waals surface area contributed by atoms with Crippen LogP contribution in [-0.2, 0) is 0 Å². The van der Waals surface area contributed by atoms with Gasteiger partial charge in [0, 0.05) is 11.1 Å². The van der Waals surface area contributed by atoms with E-state index in [9.17, 15) is 5.11 Å². The summed E-state index contributed by atoms with van der Waals surface area (Å²) in [6.07, 6.45) is 0.622. The molecule has 0 fully saturated rings. The van der Waals surface area contributed by atoms with Crippen LogP contribution in [0.1, 0.15) is 20.3 Å². The molecule has 0 saturated carbocycles. The Balaban J connectivity index is 0.00000133. The smallest absolute Gasteiger partial charge is 0.138 e. The fraction of sp³-hybridized carbons (Fsp3) is 0.267. The van der Waals surface area contributed by atoms with E-state index in [-0.39, 0.29) is 12.4 Å². The van der Waals surface area contributed by atoms with Crippen molar-refractivity contribution in [3.8, 4) is 0 Å². The van der Waals surface area contributed by atoms with Crippen molar-refractivity contribution in [3.63, 3.8) is 0 Å². The standard InChI is InChI=1S/C15H16N2O.ClH/c1-3-15(2,18)14-16-11-8-4-6-10-7-5-9-12(17-14)13(10)11;/h4-9,18H,3H2,1-2H3,(H,16,17);1H. The quantitative estimate of drug-likeness (QED) is 0.874. The Bertz CT molecular complexity index is 644. The minimum Gasteiger partial charge on any atom is -0.382 e. The third-order valence-electron chi connectivity index (χ3n) is 3.57. The zero-order valence-electron chi connectivity index (χ0n) is 11.0. The summed E-state index contributed by atoms with van der Waals surface area (Å²) >= 11 is 0. The number of nitrogens with one attached hydrogen (secondary N) is 1. The molecule has 19 heavy (non-hydrogen) atoms. The molecule has 0 aromatic heterocycles. The van der Waals surface area contributed by atoms with Gasteiger partial charge >= 0.3 is 0 Å². The molecule has 0 saturated heterocycles. The maximum absolute atomic E-state index is 10.3. The molecular formula is C15H17ClN2O. The average molecular weight is 277 g/mol. The Kier molecular flexibility index (Phi) is 3.52. The molecule has 1 atom stereocenters. The van der Waals surface area contributed by atoms with Crippen LogP contribution >= 0.6 is 12.4 Å². The summed E-state index contributed by atoms with van der Waals surface area (Å²) in [6, 6.07) is 12.2. The third kappa shape index (κ3) is 2.20. The molecule has 1 heterocycles. The molecule has 0 radical (unpaired) electrons. The van der Waals surface area contributed by atoms with Gasteiger partial charge in [0.15, 0.2) is 0 Å². The van der Waals surface area contributed by atoms with Crippen molar-refractivity contribution >= 4 is 40.4 Å².